The second kappa shape index (κ2) is 7.49. The summed E-state index contributed by atoms with van der Waals surface area (Å²) in [5.74, 6) is -0.271. The minimum Gasteiger partial charge on any atom is -0.376 e. The van der Waals surface area contributed by atoms with E-state index in [0.717, 1.165) is 22.1 Å². The maximum Gasteiger partial charge on any atom is 0.243 e. The summed E-state index contributed by atoms with van der Waals surface area (Å²) in [5, 5.41) is 10.8. The fourth-order valence-electron chi connectivity index (χ4n) is 2.62. The quantitative estimate of drug-likeness (QED) is 0.664. The molecule has 5 nitrogen and oxygen atoms in total. The van der Waals surface area contributed by atoms with Crippen LogP contribution in [0, 0.1) is 0 Å². The first kappa shape index (κ1) is 16.5. The third kappa shape index (κ3) is 4.35. The number of carbonyl (C=O) groups is 2. The van der Waals surface area contributed by atoms with Gasteiger partial charge in [-0.25, -0.2) is 0 Å². The average molecular weight is 333 g/mol. The lowest BCUT2D eigenvalue weighted by Gasteiger charge is -2.11. The van der Waals surface area contributed by atoms with Crippen molar-refractivity contribution in [1.82, 2.24) is 0 Å². The van der Waals surface area contributed by atoms with E-state index >= 15 is 0 Å². The van der Waals surface area contributed by atoms with E-state index in [4.69, 9.17) is 0 Å². The van der Waals surface area contributed by atoms with Crippen molar-refractivity contribution < 1.29 is 9.59 Å². The Labute approximate surface area is 146 Å². The molecule has 0 aliphatic heterocycles. The van der Waals surface area contributed by atoms with Crippen molar-refractivity contribution in [3.63, 3.8) is 0 Å². The first-order valence-electron chi connectivity index (χ1n) is 8.01. The fourth-order valence-corrected chi connectivity index (χ4v) is 2.62. The highest BCUT2D eigenvalue weighted by Gasteiger charge is 2.06. The Hall–Kier alpha value is -3.34. The molecule has 3 aromatic rings. The Kier molecular flexibility index (Phi) is 4.95. The number of amides is 2. The number of rotatable bonds is 5. The number of anilines is 3. The molecule has 0 aliphatic carbocycles. The van der Waals surface area contributed by atoms with Crippen LogP contribution in [0.2, 0.25) is 0 Å². The third-order valence-electron chi connectivity index (χ3n) is 3.70. The van der Waals surface area contributed by atoms with Crippen LogP contribution in [0.15, 0.2) is 66.7 Å². The average Bonchev–Trinajstić information content (AvgIpc) is 2.60. The van der Waals surface area contributed by atoms with E-state index in [1.165, 1.54) is 6.92 Å². The summed E-state index contributed by atoms with van der Waals surface area (Å²) in [5.41, 5.74) is 2.24. The molecule has 0 spiro atoms. The molecule has 3 aromatic carbocycles. The summed E-state index contributed by atoms with van der Waals surface area (Å²) >= 11 is 0. The Morgan fingerprint density at radius 3 is 2.40 bits per heavy atom. The number of fused-ring (bicyclic) bond motifs is 1. The van der Waals surface area contributed by atoms with Gasteiger partial charge in [0.2, 0.25) is 11.8 Å². The molecule has 2 amide bonds. The molecule has 0 atom stereocenters. The van der Waals surface area contributed by atoms with Crippen molar-refractivity contribution >= 4 is 39.6 Å². The second-order valence-electron chi connectivity index (χ2n) is 5.69. The van der Waals surface area contributed by atoms with Gasteiger partial charge < -0.3 is 16.0 Å². The lowest BCUT2D eigenvalue weighted by molar-refractivity contribution is -0.115. The van der Waals surface area contributed by atoms with Crippen molar-refractivity contribution in [1.29, 1.82) is 0 Å². The molecule has 0 unspecified atom stereocenters. The SMILES string of the molecule is CC(=O)Nc1cccc(NCC(=O)Nc2cccc3ccccc23)c1. The molecule has 126 valence electrons. The van der Waals surface area contributed by atoms with Gasteiger partial charge >= 0.3 is 0 Å². The van der Waals surface area contributed by atoms with Gasteiger partial charge in [-0.15, -0.1) is 0 Å². The maximum atomic E-state index is 12.2. The van der Waals surface area contributed by atoms with Crippen molar-refractivity contribution in [2.24, 2.45) is 0 Å². The van der Waals surface area contributed by atoms with Gasteiger partial charge in [0.25, 0.3) is 0 Å². The monoisotopic (exact) mass is 333 g/mol. The summed E-state index contributed by atoms with van der Waals surface area (Å²) < 4.78 is 0. The zero-order chi connectivity index (χ0) is 17.6. The van der Waals surface area contributed by atoms with Crippen LogP contribution in [0.1, 0.15) is 6.92 Å². The van der Waals surface area contributed by atoms with Gasteiger partial charge in [0.15, 0.2) is 0 Å². The van der Waals surface area contributed by atoms with Gasteiger partial charge in [-0.05, 0) is 29.7 Å². The van der Waals surface area contributed by atoms with Gasteiger partial charge in [0.05, 0.1) is 6.54 Å². The van der Waals surface area contributed by atoms with Crippen LogP contribution in [0.5, 0.6) is 0 Å². The molecule has 3 rings (SSSR count). The molecule has 0 aliphatic rings. The number of carbonyl (C=O) groups excluding carboxylic acids is 2. The Morgan fingerprint density at radius 1 is 0.840 bits per heavy atom. The lowest BCUT2D eigenvalue weighted by atomic mass is 10.1. The van der Waals surface area contributed by atoms with E-state index in [-0.39, 0.29) is 18.4 Å². The van der Waals surface area contributed by atoms with Crippen LogP contribution < -0.4 is 16.0 Å². The molecular weight excluding hydrogens is 314 g/mol. The highest BCUT2D eigenvalue weighted by Crippen LogP contribution is 2.23. The van der Waals surface area contributed by atoms with Crippen LogP contribution in [0.3, 0.4) is 0 Å². The number of nitrogens with one attached hydrogen (secondary N) is 3. The minimum absolute atomic E-state index is 0.132. The normalized spacial score (nSPS) is 10.3. The molecular formula is C20H19N3O2. The fraction of sp³-hybridized carbons (Fsp3) is 0.100. The summed E-state index contributed by atoms with van der Waals surface area (Å²) in [4.78, 5) is 23.4. The topological polar surface area (TPSA) is 70.2 Å². The van der Waals surface area contributed by atoms with Gasteiger partial charge in [-0.3, -0.25) is 9.59 Å². The zero-order valence-electron chi connectivity index (χ0n) is 13.9. The Morgan fingerprint density at radius 2 is 1.56 bits per heavy atom. The van der Waals surface area contributed by atoms with E-state index in [9.17, 15) is 9.59 Å². The van der Waals surface area contributed by atoms with Crippen LogP contribution >= 0.6 is 0 Å². The molecule has 0 fully saturated rings. The van der Waals surface area contributed by atoms with Crippen molar-refractivity contribution in [3.05, 3.63) is 66.7 Å². The van der Waals surface area contributed by atoms with Crippen LogP contribution in [-0.4, -0.2) is 18.4 Å². The van der Waals surface area contributed by atoms with Gasteiger partial charge in [0.1, 0.15) is 0 Å². The van der Waals surface area contributed by atoms with Gasteiger partial charge in [-0.1, -0.05) is 42.5 Å². The van der Waals surface area contributed by atoms with E-state index < -0.39 is 0 Å². The van der Waals surface area contributed by atoms with E-state index in [1.807, 2.05) is 54.6 Å². The molecule has 5 heteroatoms. The summed E-state index contributed by atoms with van der Waals surface area (Å²) in [6.07, 6.45) is 0. The highest BCUT2D eigenvalue weighted by molar-refractivity contribution is 6.03. The standard InChI is InChI=1S/C20H19N3O2/c1-14(24)22-17-9-5-8-16(12-17)21-13-20(25)23-19-11-4-7-15-6-2-3-10-18(15)19/h2-12,21H,13H2,1H3,(H,22,24)(H,23,25). The van der Waals surface area contributed by atoms with Crippen molar-refractivity contribution in [3.8, 4) is 0 Å². The number of hydrogen-bond donors (Lipinski definition) is 3. The van der Waals surface area contributed by atoms with E-state index in [2.05, 4.69) is 16.0 Å². The smallest absolute Gasteiger partial charge is 0.243 e. The zero-order valence-corrected chi connectivity index (χ0v) is 13.9. The molecule has 3 N–H and O–H groups in total. The lowest BCUT2D eigenvalue weighted by Crippen LogP contribution is -2.21. The second-order valence-corrected chi connectivity index (χ2v) is 5.69. The minimum atomic E-state index is -0.138. The highest BCUT2D eigenvalue weighted by atomic mass is 16.2. The Balaban J connectivity index is 1.64. The molecule has 0 saturated heterocycles. The summed E-state index contributed by atoms with van der Waals surface area (Å²) in [6.45, 7) is 1.59. The molecule has 0 saturated carbocycles. The van der Waals surface area contributed by atoms with Crippen LogP contribution in [0.4, 0.5) is 17.1 Å². The van der Waals surface area contributed by atoms with Crippen LogP contribution in [-0.2, 0) is 9.59 Å². The van der Waals surface area contributed by atoms with Gasteiger partial charge in [0, 0.05) is 29.4 Å². The molecule has 0 radical (unpaired) electrons. The number of benzene rings is 3. The van der Waals surface area contributed by atoms with E-state index in [1.54, 1.807) is 12.1 Å². The largest absolute Gasteiger partial charge is 0.376 e. The maximum absolute atomic E-state index is 12.2. The van der Waals surface area contributed by atoms with Gasteiger partial charge in [-0.2, -0.15) is 0 Å². The molecule has 25 heavy (non-hydrogen) atoms. The Bertz CT molecular complexity index is 916. The third-order valence-corrected chi connectivity index (χ3v) is 3.70. The first-order valence-corrected chi connectivity index (χ1v) is 8.01. The predicted octanol–water partition coefficient (Wildman–Crippen LogP) is 3.85. The predicted molar refractivity (Wildman–Crippen MR) is 102 cm³/mol. The van der Waals surface area contributed by atoms with E-state index in [0.29, 0.717) is 5.69 Å². The van der Waals surface area contributed by atoms with Crippen molar-refractivity contribution in [2.75, 3.05) is 22.5 Å². The van der Waals surface area contributed by atoms with Crippen LogP contribution in [0.25, 0.3) is 10.8 Å². The number of hydrogen-bond acceptors (Lipinski definition) is 3. The first-order chi connectivity index (χ1) is 12.1. The molecule has 0 bridgehead atoms. The van der Waals surface area contributed by atoms with Crippen molar-refractivity contribution in [2.45, 2.75) is 6.92 Å². The molecule has 0 aromatic heterocycles. The summed E-state index contributed by atoms with van der Waals surface area (Å²) in [6, 6.07) is 21.0. The summed E-state index contributed by atoms with van der Waals surface area (Å²) in [7, 11) is 0. The molecule has 0 heterocycles.